The van der Waals surface area contributed by atoms with Crippen LogP contribution in [0.3, 0.4) is 0 Å². The summed E-state index contributed by atoms with van der Waals surface area (Å²) in [6.45, 7) is 2.26. The van der Waals surface area contributed by atoms with Gasteiger partial charge < -0.3 is 19.6 Å². The van der Waals surface area contributed by atoms with Crippen LogP contribution in [0.5, 0.6) is 0 Å². The molecule has 14 aromatic carbocycles. The van der Waals surface area contributed by atoms with Crippen molar-refractivity contribution < 1.29 is 0 Å². The lowest BCUT2D eigenvalue weighted by atomic mass is 9.94. The Morgan fingerprint density at radius 3 is 0.558 bits per heavy atom. The molecule has 0 saturated carbocycles. The first-order valence-electron chi connectivity index (χ1n) is 32.8. The third-order valence-corrected chi connectivity index (χ3v) is 18.0. The fraction of sp³-hybridized carbons (Fsp3) is 0.0330. The fourth-order valence-corrected chi connectivity index (χ4v) is 12.9. The molecule has 4 nitrogen and oxygen atoms in total. The maximum Gasteiger partial charge on any atom is 0.0462 e. The molecule has 4 heteroatoms. The van der Waals surface area contributed by atoms with Gasteiger partial charge in [0.05, 0.1) is 0 Å². The van der Waals surface area contributed by atoms with Crippen LogP contribution in [0.4, 0.5) is 68.2 Å². The van der Waals surface area contributed by atoms with Crippen LogP contribution in [0.2, 0.25) is 0 Å². The van der Waals surface area contributed by atoms with Gasteiger partial charge in [-0.05, 0) is 225 Å². The molecule has 14 aromatic rings. The van der Waals surface area contributed by atoms with Crippen molar-refractivity contribution in [1.82, 2.24) is 0 Å². The zero-order chi connectivity index (χ0) is 63.7. The molecular weight excluding hydrogens is 1150 g/mol. The maximum atomic E-state index is 2.35. The average molecular weight is 1220 g/mol. The van der Waals surface area contributed by atoms with Crippen LogP contribution >= 0.6 is 0 Å². The Bertz CT molecular complexity index is 4870. The van der Waals surface area contributed by atoms with Gasteiger partial charge in [-0.3, -0.25) is 0 Å². The second-order valence-corrected chi connectivity index (χ2v) is 24.2. The smallest absolute Gasteiger partial charge is 0.0462 e. The molecule has 1 atom stereocenters. The highest BCUT2D eigenvalue weighted by Gasteiger charge is 2.19. The van der Waals surface area contributed by atoms with Gasteiger partial charge in [0.15, 0.2) is 0 Å². The van der Waals surface area contributed by atoms with E-state index in [1.165, 1.54) is 22.3 Å². The van der Waals surface area contributed by atoms with Crippen molar-refractivity contribution in [3.63, 3.8) is 0 Å². The summed E-state index contributed by atoms with van der Waals surface area (Å²) < 4.78 is 0. The van der Waals surface area contributed by atoms with E-state index in [9.17, 15) is 0 Å². The predicted molar refractivity (Wildman–Crippen MR) is 403 cm³/mol. The summed E-state index contributed by atoms with van der Waals surface area (Å²) in [4.78, 5) is 9.30. The first kappa shape index (κ1) is 59.1. The monoisotopic (exact) mass is 1220 g/mol. The molecule has 0 N–H and O–H groups in total. The number of hydrogen-bond acceptors (Lipinski definition) is 4. The molecule has 1 unspecified atom stereocenters. The molecule has 15 rings (SSSR count). The van der Waals surface area contributed by atoms with E-state index in [4.69, 9.17) is 0 Å². The second kappa shape index (κ2) is 27.3. The lowest BCUT2D eigenvalue weighted by molar-refractivity contribution is 0.739. The minimum absolute atomic E-state index is 0.588. The van der Waals surface area contributed by atoms with Gasteiger partial charge in [0.2, 0.25) is 0 Å². The Balaban J connectivity index is 0.626. The van der Waals surface area contributed by atoms with Crippen LogP contribution < -0.4 is 19.6 Å². The second-order valence-electron chi connectivity index (χ2n) is 24.2. The lowest BCUT2D eigenvalue weighted by Crippen LogP contribution is -2.10. The van der Waals surface area contributed by atoms with Gasteiger partial charge in [0.1, 0.15) is 0 Å². The van der Waals surface area contributed by atoms with Crippen molar-refractivity contribution in [3.8, 4) is 55.6 Å². The Morgan fingerprint density at radius 1 is 0.189 bits per heavy atom. The molecule has 0 radical (unpaired) electrons. The molecule has 1 aliphatic rings. The minimum atomic E-state index is 0.588. The number of para-hydroxylation sites is 4. The van der Waals surface area contributed by atoms with E-state index in [-0.39, 0.29) is 0 Å². The first-order chi connectivity index (χ1) is 47.0. The van der Waals surface area contributed by atoms with E-state index >= 15 is 0 Å². The quantitative estimate of drug-likeness (QED) is 0.0849. The molecule has 0 aromatic heterocycles. The summed E-state index contributed by atoms with van der Waals surface area (Å²) in [5, 5.41) is 0. The summed E-state index contributed by atoms with van der Waals surface area (Å²) in [5.41, 5.74) is 27.4. The van der Waals surface area contributed by atoms with E-state index in [1.54, 1.807) is 0 Å². The number of hydrogen-bond donors (Lipinski definition) is 0. The fourth-order valence-electron chi connectivity index (χ4n) is 12.9. The maximum absolute atomic E-state index is 2.35. The standard InChI is InChI=1S/C91H70N4/c1-67-27-29-69(30-28-67)73-37-53-85(54-38-73)93(81-21-11-4-12-22-81)89-61-45-77(46-62-89)79-49-65-91(66-50-79)95(83-25-15-6-16-26-83)87-57-41-75(42-58-87)71-33-31-70(32-34-71)74-39-55-86(56-40-74)94(82-23-13-5-14-24-82)90-63-47-78(48-64-90)76-43-59-88(60-44-76)92(80-19-9-3-10-20-80)84-51-35-72(36-52-84)68-17-7-2-8-18-68/h2-27,29-67H,28H2,1H3. The molecule has 0 spiro atoms. The van der Waals surface area contributed by atoms with E-state index in [1.807, 2.05) is 0 Å². The summed E-state index contributed by atoms with van der Waals surface area (Å²) >= 11 is 0. The molecule has 0 fully saturated rings. The number of nitrogens with zero attached hydrogens (tertiary/aromatic N) is 4. The first-order valence-corrected chi connectivity index (χ1v) is 32.8. The molecule has 0 heterocycles. The molecule has 454 valence electrons. The largest absolute Gasteiger partial charge is 0.311 e. The highest BCUT2D eigenvalue weighted by molar-refractivity contribution is 5.86. The number of benzene rings is 14. The van der Waals surface area contributed by atoms with Crippen LogP contribution in [-0.4, -0.2) is 0 Å². The van der Waals surface area contributed by atoms with Gasteiger partial charge in [-0.15, -0.1) is 0 Å². The van der Waals surface area contributed by atoms with Crippen LogP contribution in [0, 0.1) is 5.92 Å². The Morgan fingerprint density at radius 2 is 0.358 bits per heavy atom. The van der Waals surface area contributed by atoms with E-state index in [0.29, 0.717) is 5.92 Å². The van der Waals surface area contributed by atoms with Gasteiger partial charge in [-0.1, -0.05) is 250 Å². The molecule has 0 amide bonds. The van der Waals surface area contributed by atoms with Crippen molar-refractivity contribution in [1.29, 1.82) is 0 Å². The number of anilines is 12. The van der Waals surface area contributed by atoms with E-state index in [0.717, 1.165) is 119 Å². The molecule has 0 bridgehead atoms. The average Bonchev–Trinajstić information content (AvgIpc) is 1.33. The van der Waals surface area contributed by atoms with Crippen molar-refractivity contribution in [2.24, 2.45) is 5.92 Å². The minimum Gasteiger partial charge on any atom is -0.311 e. The lowest BCUT2D eigenvalue weighted by Gasteiger charge is -2.26. The zero-order valence-electron chi connectivity index (χ0n) is 53.0. The molecule has 0 aliphatic heterocycles. The molecular formula is C91H70N4. The van der Waals surface area contributed by atoms with E-state index in [2.05, 4.69) is 415 Å². The molecule has 1 aliphatic carbocycles. The highest BCUT2D eigenvalue weighted by Crippen LogP contribution is 2.43. The number of allylic oxidation sites excluding steroid dienone is 4. The van der Waals surface area contributed by atoms with Gasteiger partial charge in [-0.25, -0.2) is 0 Å². The Hall–Kier alpha value is -12.2. The summed E-state index contributed by atoms with van der Waals surface area (Å²) in [7, 11) is 0. The van der Waals surface area contributed by atoms with Crippen molar-refractivity contribution in [3.05, 3.63) is 394 Å². The number of rotatable bonds is 18. The van der Waals surface area contributed by atoms with Crippen molar-refractivity contribution in [2.75, 3.05) is 19.6 Å². The van der Waals surface area contributed by atoms with Gasteiger partial charge in [0, 0.05) is 68.2 Å². The molecule has 95 heavy (non-hydrogen) atoms. The van der Waals surface area contributed by atoms with Gasteiger partial charge in [-0.2, -0.15) is 0 Å². The third-order valence-electron chi connectivity index (χ3n) is 18.0. The Labute approximate surface area is 558 Å². The van der Waals surface area contributed by atoms with Gasteiger partial charge >= 0.3 is 0 Å². The summed E-state index contributed by atoms with van der Waals surface area (Å²) in [6, 6.07) is 133. The van der Waals surface area contributed by atoms with E-state index < -0.39 is 0 Å². The van der Waals surface area contributed by atoms with Crippen molar-refractivity contribution in [2.45, 2.75) is 13.3 Å². The van der Waals surface area contributed by atoms with Crippen LogP contribution in [-0.2, 0) is 0 Å². The Kier molecular flexibility index (Phi) is 17.0. The van der Waals surface area contributed by atoms with Crippen LogP contribution in [0.15, 0.2) is 388 Å². The molecule has 0 saturated heterocycles. The van der Waals surface area contributed by atoms with Gasteiger partial charge in [0.25, 0.3) is 0 Å². The summed E-state index contributed by atoms with van der Waals surface area (Å²) in [6.07, 6.45) is 8.00. The highest BCUT2D eigenvalue weighted by atomic mass is 15.2. The van der Waals surface area contributed by atoms with Crippen LogP contribution in [0.1, 0.15) is 18.9 Å². The normalized spacial score (nSPS) is 12.6. The van der Waals surface area contributed by atoms with Crippen molar-refractivity contribution >= 4 is 73.8 Å². The third kappa shape index (κ3) is 13.0. The van der Waals surface area contributed by atoms with Crippen LogP contribution in [0.25, 0.3) is 61.2 Å². The zero-order valence-corrected chi connectivity index (χ0v) is 53.0. The predicted octanol–water partition coefficient (Wildman–Crippen LogP) is 25.9. The topological polar surface area (TPSA) is 13.0 Å². The SMILES string of the molecule is CC1C=CC(c2ccc(N(c3ccccc3)c3ccc(-c4ccc(N(c5ccccc5)c5ccc(-c6ccc(-c7ccc(N(c8ccccc8)c8ccc(-c9ccc(N(c%10ccccc%10)c%10ccc(-c%11ccccc%11)cc%10)cc9)cc8)cc7)cc6)cc5)cc4)cc3)cc2)=CC1. The summed E-state index contributed by atoms with van der Waals surface area (Å²) in [5.74, 6) is 0.588.